The van der Waals surface area contributed by atoms with Crippen molar-refractivity contribution in [1.29, 1.82) is 0 Å². The number of carbonyl (C=O) groups is 1. The fourth-order valence-electron chi connectivity index (χ4n) is 3.52. The smallest absolute Gasteiger partial charge is 0.341 e. The lowest BCUT2D eigenvalue weighted by molar-refractivity contribution is -0.139. The Bertz CT molecular complexity index is 1440. The number of aromatic nitrogens is 1. The van der Waals surface area contributed by atoms with E-state index < -0.39 is 22.4 Å². The summed E-state index contributed by atoms with van der Waals surface area (Å²) in [5.41, 5.74) is 2.15. The summed E-state index contributed by atoms with van der Waals surface area (Å²) in [7, 11) is -3.77. The average Bonchev–Trinajstić information content (AvgIpc) is 3.19. The van der Waals surface area contributed by atoms with Crippen LogP contribution in [0.15, 0.2) is 70.6 Å². The molecule has 0 unspecified atom stereocenters. The van der Waals surface area contributed by atoms with Gasteiger partial charge < -0.3 is 19.6 Å². The molecule has 0 aliphatic rings. The van der Waals surface area contributed by atoms with Gasteiger partial charge >= 0.3 is 5.97 Å². The summed E-state index contributed by atoms with van der Waals surface area (Å²) in [4.78, 5) is 14.0. The van der Waals surface area contributed by atoms with E-state index in [0.717, 1.165) is 11.1 Å². The number of benzene rings is 3. The van der Waals surface area contributed by atoms with Gasteiger partial charge in [-0.15, -0.1) is 0 Å². The van der Waals surface area contributed by atoms with Crippen LogP contribution in [0.2, 0.25) is 5.02 Å². The van der Waals surface area contributed by atoms with Crippen molar-refractivity contribution in [3.8, 4) is 17.2 Å². The molecule has 0 saturated carbocycles. The van der Waals surface area contributed by atoms with E-state index in [4.69, 9.17) is 26.2 Å². The maximum atomic E-state index is 13.2. The van der Waals surface area contributed by atoms with Crippen molar-refractivity contribution >= 4 is 38.3 Å². The number of rotatable bonds is 7. The molecule has 0 saturated heterocycles. The van der Waals surface area contributed by atoms with Gasteiger partial charge in [-0.1, -0.05) is 11.6 Å². The van der Waals surface area contributed by atoms with Gasteiger partial charge in [0.1, 0.15) is 17.2 Å². The number of aryl methyl sites for hydroxylation is 2. The van der Waals surface area contributed by atoms with Crippen molar-refractivity contribution in [2.75, 3.05) is 6.61 Å². The zero-order valence-electron chi connectivity index (χ0n) is 17.8. The number of H-pyrrole nitrogens is 1. The molecule has 7 nitrogen and oxygen atoms in total. The second kappa shape index (κ2) is 8.80. The minimum Gasteiger partial charge on any atom is -0.482 e. The zero-order valence-corrected chi connectivity index (χ0v) is 19.3. The lowest BCUT2D eigenvalue weighted by Gasteiger charge is -2.14. The summed E-state index contributed by atoms with van der Waals surface area (Å²) < 4.78 is 37.7. The molecule has 3 aromatic carbocycles. The number of nitrogens with one attached hydrogen (secondary N) is 1. The summed E-state index contributed by atoms with van der Waals surface area (Å²) in [6.07, 6.45) is 1.46. The molecule has 0 aliphatic heterocycles. The average molecular weight is 486 g/mol. The number of hydrogen-bond donors (Lipinski definition) is 2. The van der Waals surface area contributed by atoms with Crippen LogP contribution < -0.4 is 9.47 Å². The first kappa shape index (κ1) is 22.7. The van der Waals surface area contributed by atoms with Gasteiger partial charge in [-0.05, 0) is 79.6 Å². The van der Waals surface area contributed by atoms with Crippen LogP contribution >= 0.6 is 11.6 Å². The Labute approximate surface area is 195 Å². The first-order chi connectivity index (χ1) is 15.6. The zero-order chi connectivity index (χ0) is 23.8. The molecule has 1 aromatic heterocycles. The lowest BCUT2D eigenvalue weighted by atomic mass is 10.1. The Morgan fingerprint density at radius 3 is 2.30 bits per heavy atom. The van der Waals surface area contributed by atoms with E-state index in [2.05, 4.69) is 4.98 Å². The lowest BCUT2D eigenvalue weighted by Crippen LogP contribution is -2.09. The van der Waals surface area contributed by atoms with Crippen LogP contribution in [0.3, 0.4) is 0 Å². The maximum Gasteiger partial charge on any atom is 0.341 e. The van der Waals surface area contributed by atoms with Crippen LogP contribution in [0.4, 0.5) is 0 Å². The third-order valence-corrected chi connectivity index (χ3v) is 7.11. The molecule has 4 rings (SSSR count). The fourth-order valence-corrected chi connectivity index (χ4v) is 5.07. The number of ether oxygens (including phenoxy) is 2. The Kier molecular flexibility index (Phi) is 6.05. The van der Waals surface area contributed by atoms with Gasteiger partial charge in [0.15, 0.2) is 6.61 Å². The predicted molar refractivity (Wildman–Crippen MR) is 124 cm³/mol. The molecule has 4 aromatic rings. The van der Waals surface area contributed by atoms with Gasteiger partial charge in [-0.2, -0.15) is 0 Å². The normalized spacial score (nSPS) is 11.5. The van der Waals surface area contributed by atoms with Gasteiger partial charge in [0.25, 0.3) is 0 Å². The second-order valence-electron chi connectivity index (χ2n) is 7.49. The number of aliphatic carboxylic acids is 1. The molecule has 33 heavy (non-hydrogen) atoms. The minimum atomic E-state index is -3.77. The van der Waals surface area contributed by atoms with Crippen molar-refractivity contribution in [3.63, 3.8) is 0 Å². The maximum absolute atomic E-state index is 13.2. The quantitative estimate of drug-likeness (QED) is 0.356. The predicted octanol–water partition coefficient (Wildman–Crippen LogP) is 5.53. The Morgan fingerprint density at radius 2 is 1.67 bits per heavy atom. The Balaban J connectivity index is 1.68. The number of halogens is 1. The molecule has 170 valence electrons. The third kappa shape index (κ3) is 4.67. The standard InChI is InChI=1S/C24H20ClNO6S/c1-14-9-18(31-13-23(27)28)10-15(2)24(14)32-17-5-8-21-20(11-17)22(12-26-21)33(29,30)19-6-3-16(25)4-7-19/h3-12,26H,13H2,1-2H3,(H,27,28). The van der Waals surface area contributed by atoms with Crippen LogP contribution in [-0.2, 0) is 14.6 Å². The van der Waals surface area contributed by atoms with E-state index in [1.807, 2.05) is 13.8 Å². The van der Waals surface area contributed by atoms with Crippen molar-refractivity contribution in [2.45, 2.75) is 23.6 Å². The Morgan fingerprint density at radius 1 is 1.00 bits per heavy atom. The van der Waals surface area contributed by atoms with Gasteiger partial charge in [-0.3, -0.25) is 0 Å². The molecule has 0 aliphatic carbocycles. The van der Waals surface area contributed by atoms with Crippen LogP contribution in [0.5, 0.6) is 17.2 Å². The second-order valence-corrected chi connectivity index (χ2v) is 9.84. The number of carboxylic acids is 1. The molecule has 1 heterocycles. The summed E-state index contributed by atoms with van der Waals surface area (Å²) in [6.45, 7) is 3.20. The van der Waals surface area contributed by atoms with Gasteiger partial charge in [-0.25, -0.2) is 13.2 Å². The topological polar surface area (TPSA) is 106 Å². The van der Waals surface area contributed by atoms with Gasteiger partial charge in [0.2, 0.25) is 9.84 Å². The number of sulfone groups is 1. The number of aromatic amines is 1. The van der Waals surface area contributed by atoms with E-state index in [1.165, 1.54) is 30.5 Å². The third-order valence-electron chi connectivity index (χ3n) is 5.04. The van der Waals surface area contributed by atoms with E-state index in [1.54, 1.807) is 30.3 Å². The van der Waals surface area contributed by atoms with E-state index in [-0.39, 0.29) is 9.79 Å². The molecular formula is C24H20ClNO6S. The highest BCUT2D eigenvalue weighted by Gasteiger charge is 2.22. The van der Waals surface area contributed by atoms with E-state index >= 15 is 0 Å². The van der Waals surface area contributed by atoms with Crippen LogP contribution in [0.25, 0.3) is 10.9 Å². The van der Waals surface area contributed by atoms with Crippen LogP contribution in [0, 0.1) is 13.8 Å². The first-order valence-corrected chi connectivity index (χ1v) is 11.8. The minimum absolute atomic E-state index is 0.135. The van der Waals surface area contributed by atoms with Crippen molar-refractivity contribution in [1.82, 2.24) is 4.98 Å². The van der Waals surface area contributed by atoms with Crippen LogP contribution in [-0.4, -0.2) is 31.1 Å². The number of fused-ring (bicyclic) bond motifs is 1. The molecule has 0 amide bonds. The largest absolute Gasteiger partial charge is 0.482 e. The molecule has 2 N–H and O–H groups in total. The van der Waals surface area contributed by atoms with E-state index in [0.29, 0.717) is 33.2 Å². The summed E-state index contributed by atoms with van der Waals surface area (Å²) in [5.74, 6) is 0.404. The molecule has 0 fully saturated rings. The van der Waals surface area contributed by atoms with Crippen molar-refractivity contribution in [3.05, 3.63) is 76.9 Å². The van der Waals surface area contributed by atoms with E-state index in [9.17, 15) is 13.2 Å². The number of carboxylic acid groups (broad SMARTS) is 1. The number of hydrogen-bond acceptors (Lipinski definition) is 5. The van der Waals surface area contributed by atoms with Gasteiger partial charge in [0.05, 0.1) is 9.79 Å². The summed E-state index contributed by atoms with van der Waals surface area (Å²) in [5, 5.41) is 9.75. The van der Waals surface area contributed by atoms with Crippen LogP contribution in [0.1, 0.15) is 11.1 Å². The molecule has 0 spiro atoms. The summed E-state index contributed by atoms with van der Waals surface area (Å²) >= 11 is 5.89. The highest BCUT2D eigenvalue weighted by Crippen LogP contribution is 2.36. The first-order valence-electron chi connectivity index (χ1n) is 9.90. The SMILES string of the molecule is Cc1cc(OCC(=O)O)cc(C)c1Oc1ccc2[nH]cc(S(=O)(=O)c3ccc(Cl)cc3)c2c1. The molecule has 0 radical (unpaired) electrons. The highest BCUT2D eigenvalue weighted by molar-refractivity contribution is 7.91. The molecule has 0 atom stereocenters. The monoisotopic (exact) mass is 485 g/mol. The van der Waals surface area contributed by atoms with Crippen molar-refractivity contribution in [2.24, 2.45) is 0 Å². The molecular weight excluding hydrogens is 466 g/mol. The Hall–Kier alpha value is -3.49. The van der Waals surface area contributed by atoms with Crippen molar-refractivity contribution < 1.29 is 27.8 Å². The summed E-state index contributed by atoms with van der Waals surface area (Å²) in [6, 6.07) is 14.6. The fraction of sp³-hybridized carbons (Fsp3) is 0.125. The molecule has 0 bridgehead atoms. The molecule has 9 heteroatoms. The highest BCUT2D eigenvalue weighted by atomic mass is 35.5. The van der Waals surface area contributed by atoms with Gasteiger partial charge in [0, 0.05) is 22.1 Å².